The minimum atomic E-state index is 0.228. The molecule has 6 nitrogen and oxygen atoms in total. The zero-order chi connectivity index (χ0) is 9.97. The van der Waals surface area contributed by atoms with Gasteiger partial charge in [0.2, 0.25) is 11.8 Å². The van der Waals surface area contributed by atoms with Crippen molar-refractivity contribution in [1.82, 2.24) is 15.1 Å². The first kappa shape index (κ1) is 8.49. The van der Waals surface area contributed by atoms with Crippen LogP contribution < -0.4 is 10.5 Å². The molecule has 0 saturated heterocycles. The number of hydrogen-bond acceptors (Lipinski definition) is 6. The van der Waals surface area contributed by atoms with Crippen LogP contribution in [0.5, 0.6) is 5.88 Å². The molecule has 2 heterocycles. The zero-order valence-corrected chi connectivity index (χ0v) is 7.47. The lowest BCUT2D eigenvalue weighted by atomic mass is 10.4. The monoisotopic (exact) mass is 192 g/mol. The topological polar surface area (TPSA) is 87.1 Å². The van der Waals surface area contributed by atoms with E-state index in [0.29, 0.717) is 17.4 Å². The molecule has 0 aliphatic heterocycles. The highest BCUT2D eigenvalue weighted by molar-refractivity contribution is 5.52. The second-order valence-corrected chi connectivity index (χ2v) is 2.54. The van der Waals surface area contributed by atoms with Gasteiger partial charge in [-0.05, 0) is 0 Å². The highest BCUT2D eigenvalue weighted by Gasteiger charge is 2.07. The van der Waals surface area contributed by atoms with Crippen LogP contribution in [0.2, 0.25) is 0 Å². The minimum absolute atomic E-state index is 0.228. The maximum Gasteiger partial charge on any atom is 0.222 e. The molecular formula is C8H8N4O2. The quantitative estimate of drug-likeness (QED) is 0.754. The molecule has 2 rings (SSSR count). The summed E-state index contributed by atoms with van der Waals surface area (Å²) in [7, 11) is 1.53. The van der Waals surface area contributed by atoms with Crippen LogP contribution in [0, 0.1) is 0 Å². The molecule has 0 radical (unpaired) electrons. The van der Waals surface area contributed by atoms with Crippen molar-refractivity contribution >= 4 is 5.88 Å². The number of nitrogens with zero attached hydrogens (tertiary/aromatic N) is 3. The third-order valence-electron chi connectivity index (χ3n) is 1.60. The van der Waals surface area contributed by atoms with E-state index >= 15 is 0 Å². The largest absolute Gasteiger partial charge is 0.481 e. The van der Waals surface area contributed by atoms with Crippen LogP contribution in [-0.4, -0.2) is 22.2 Å². The number of ether oxygens (including phenoxy) is 1. The Hall–Kier alpha value is -2.11. The SMILES string of the molecule is COc1ccnc(-c2cc(N)on2)n1. The number of anilines is 1. The van der Waals surface area contributed by atoms with Crippen LogP contribution in [0.25, 0.3) is 11.5 Å². The first-order valence-corrected chi connectivity index (χ1v) is 3.89. The zero-order valence-electron chi connectivity index (χ0n) is 7.47. The number of methoxy groups -OCH3 is 1. The van der Waals surface area contributed by atoms with Gasteiger partial charge in [0.15, 0.2) is 11.5 Å². The Morgan fingerprint density at radius 1 is 1.50 bits per heavy atom. The van der Waals surface area contributed by atoms with Gasteiger partial charge in [-0.25, -0.2) is 4.98 Å². The molecule has 2 aromatic heterocycles. The van der Waals surface area contributed by atoms with Crippen molar-refractivity contribution in [1.29, 1.82) is 0 Å². The summed E-state index contributed by atoms with van der Waals surface area (Å²) in [6.45, 7) is 0. The average Bonchev–Trinajstić information content (AvgIpc) is 2.65. The van der Waals surface area contributed by atoms with Gasteiger partial charge in [0, 0.05) is 18.3 Å². The molecule has 2 aromatic rings. The first-order chi connectivity index (χ1) is 6.79. The summed E-state index contributed by atoms with van der Waals surface area (Å²) in [5, 5.41) is 3.68. The minimum Gasteiger partial charge on any atom is -0.481 e. The molecule has 72 valence electrons. The molecule has 0 unspecified atom stereocenters. The predicted molar refractivity (Wildman–Crippen MR) is 48.5 cm³/mol. The molecule has 0 aromatic carbocycles. The third kappa shape index (κ3) is 1.49. The fourth-order valence-electron chi connectivity index (χ4n) is 0.974. The highest BCUT2D eigenvalue weighted by atomic mass is 16.5. The Kier molecular flexibility index (Phi) is 2.02. The van der Waals surface area contributed by atoms with Gasteiger partial charge in [-0.1, -0.05) is 5.16 Å². The lowest BCUT2D eigenvalue weighted by molar-refractivity contribution is 0.397. The van der Waals surface area contributed by atoms with Crippen molar-refractivity contribution in [2.24, 2.45) is 0 Å². The molecule has 0 atom stereocenters. The van der Waals surface area contributed by atoms with Crippen molar-refractivity contribution in [3.8, 4) is 17.4 Å². The Bertz CT molecular complexity index is 440. The normalized spacial score (nSPS) is 10.1. The van der Waals surface area contributed by atoms with Crippen molar-refractivity contribution in [3.05, 3.63) is 18.3 Å². The Balaban J connectivity index is 2.41. The van der Waals surface area contributed by atoms with E-state index in [9.17, 15) is 0 Å². The van der Waals surface area contributed by atoms with Crippen LogP contribution in [0.4, 0.5) is 5.88 Å². The summed E-state index contributed by atoms with van der Waals surface area (Å²) in [6.07, 6.45) is 1.58. The van der Waals surface area contributed by atoms with Gasteiger partial charge in [0.1, 0.15) is 0 Å². The predicted octanol–water partition coefficient (Wildman–Crippen LogP) is 0.722. The Labute approximate surface area is 79.7 Å². The lowest BCUT2D eigenvalue weighted by Gasteiger charge is -1.98. The molecule has 14 heavy (non-hydrogen) atoms. The van der Waals surface area contributed by atoms with E-state index < -0.39 is 0 Å². The summed E-state index contributed by atoms with van der Waals surface area (Å²) < 4.78 is 9.64. The van der Waals surface area contributed by atoms with Gasteiger partial charge in [-0.3, -0.25) is 0 Å². The fraction of sp³-hybridized carbons (Fsp3) is 0.125. The Morgan fingerprint density at radius 3 is 3.00 bits per heavy atom. The number of hydrogen-bond donors (Lipinski definition) is 1. The van der Waals surface area contributed by atoms with Crippen LogP contribution >= 0.6 is 0 Å². The van der Waals surface area contributed by atoms with Crippen LogP contribution in [0.3, 0.4) is 0 Å². The van der Waals surface area contributed by atoms with Crippen molar-refractivity contribution in [3.63, 3.8) is 0 Å². The van der Waals surface area contributed by atoms with E-state index in [2.05, 4.69) is 15.1 Å². The first-order valence-electron chi connectivity index (χ1n) is 3.89. The number of nitrogens with two attached hydrogens (primary N) is 1. The van der Waals surface area contributed by atoms with E-state index in [-0.39, 0.29) is 5.88 Å². The van der Waals surface area contributed by atoms with E-state index in [1.165, 1.54) is 7.11 Å². The number of aromatic nitrogens is 3. The smallest absolute Gasteiger partial charge is 0.222 e. The van der Waals surface area contributed by atoms with Gasteiger partial charge >= 0.3 is 0 Å². The highest BCUT2D eigenvalue weighted by Crippen LogP contribution is 2.17. The van der Waals surface area contributed by atoms with E-state index in [4.69, 9.17) is 15.0 Å². The van der Waals surface area contributed by atoms with E-state index in [1.807, 2.05) is 0 Å². The molecule has 0 saturated carbocycles. The molecule has 6 heteroatoms. The van der Waals surface area contributed by atoms with Crippen molar-refractivity contribution in [2.45, 2.75) is 0 Å². The molecule has 0 fully saturated rings. The molecule has 0 aliphatic carbocycles. The Morgan fingerprint density at radius 2 is 2.36 bits per heavy atom. The van der Waals surface area contributed by atoms with Crippen molar-refractivity contribution < 1.29 is 9.26 Å². The molecular weight excluding hydrogens is 184 g/mol. The summed E-state index contributed by atoms with van der Waals surface area (Å²) in [5.74, 6) is 1.12. The van der Waals surface area contributed by atoms with Gasteiger partial charge in [-0.15, -0.1) is 0 Å². The van der Waals surface area contributed by atoms with E-state index in [0.717, 1.165) is 0 Å². The fourth-order valence-corrected chi connectivity index (χ4v) is 0.974. The number of nitrogen functional groups attached to an aromatic ring is 1. The van der Waals surface area contributed by atoms with Gasteiger partial charge in [-0.2, -0.15) is 4.98 Å². The summed E-state index contributed by atoms with van der Waals surface area (Å²) in [5.41, 5.74) is 5.86. The molecule has 0 bridgehead atoms. The second kappa shape index (κ2) is 3.33. The lowest BCUT2D eigenvalue weighted by Crippen LogP contribution is -1.92. The molecule has 0 amide bonds. The van der Waals surface area contributed by atoms with Crippen LogP contribution in [0.15, 0.2) is 22.9 Å². The summed E-state index contributed by atoms with van der Waals surface area (Å²) in [4.78, 5) is 8.07. The second-order valence-electron chi connectivity index (χ2n) is 2.54. The van der Waals surface area contributed by atoms with Crippen molar-refractivity contribution in [2.75, 3.05) is 12.8 Å². The summed E-state index contributed by atoms with van der Waals surface area (Å²) in [6, 6.07) is 3.20. The average molecular weight is 192 g/mol. The van der Waals surface area contributed by atoms with Crippen LogP contribution in [-0.2, 0) is 0 Å². The van der Waals surface area contributed by atoms with Gasteiger partial charge in [0.05, 0.1) is 7.11 Å². The standard InChI is InChI=1S/C8H8N4O2/c1-13-7-2-3-10-8(11-7)5-4-6(9)14-12-5/h2-4H,9H2,1H3. The van der Waals surface area contributed by atoms with Gasteiger partial charge in [0.25, 0.3) is 0 Å². The van der Waals surface area contributed by atoms with Gasteiger partial charge < -0.3 is 15.0 Å². The maximum atomic E-state index is 5.37. The maximum absolute atomic E-state index is 5.37. The summed E-state index contributed by atoms with van der Waals surface area (Å²) >= 11 is 0. The number of rotatable bonds is 2. The third-order valence-corrected chi connectivity index (χ3v) is 1.60. The van der Waals surface area contributed by atoms with E-state index in [1.54, 1.807) is 18.3 Å². The molecule has 2 N–H and O–H groups in total. The van der Waals surface area contributed by atoms with Crippen LogP contribution in [0.1, 0.15) is 0 Å². The molecule has 0 spiro atoms. The molecule has 0 aliphatic rings.